The second-order valence-electron chi connectivity index (χ2n) is 18.3. The van der Waals surface area contributed by atoms with Crippen molar-refractivity contribution in [2.45, 2.75) is 139 Å². The van der Waals surface area contributed by atoms with Crippen LogP contribution >= 0.6 is 0 Å². The molecule has 71 heavy (non-hydrogen) atoms. The van der Waals surface area contributed by atoms with Gasteiger partial charge in [-0.15, -0.1) is 0 Å². The van der Waals surface area contributed by atoms with Crippen molar-refractivity contribution in [1.29, 1.82) is 0 Å². The zero-order valence-corrected chi connectivity index (χ0v) is 42.7. The number of benzene rings is 1. The third-order valence-corrected chi connectivity index (χ3v) is 11.8. The van der Waals surface area contributed by atoms with Crippen molar-refractivity contribution in [1.82, 2.24) is 41.7 Å². The second kappa shape index (κ2) is 25.1. The number of β-amino-alcohol motifs (C(OH)–C–C–N with tert-alkyl or cyclic N) is 1. The first-order valence-corrected chi connectivity index (χ1v) is 23.3. The first-order valence-electron chi connectivity index (χ1n) is 22.0. The van der Waals surface area contributed by atoms with Crippen molar-refractivity contribution < 1.29 is 126 Å². The fraction of sp³-hybridized carbons (Fsp3) is 0.659. The van der Waals surface area contributed by atoms with Crippen LogP contribution in [0.25, 0.3) is 0 Å². The molecule has 3 aliphatic heterocycles. The van der Waals surface area contributed by atoms with Crippen LogP contribution < -0.4 is 65.6 Å². The van der Waals surface area contributed by atoms with Gasteiger partial charge in [0.05, 0.1) is 43.0 Å². The summed E-state index contributed by atoms with van der Waals surface area (Å²) in [5, 5.41) is 90.7. The molecule has 13 atom stereocenters. The van der Waals surface area contributed by atoms with Crippen LogP contribution in [0.4, 0.5) is 4.79 Å². The van der Waals surface area contributed by atoms with Crippen molar-refractivity contribution >= 4 is 57.8 Å². The van der Waals surface area contributed by atoms with Gasteiger partial charge in [-0.05, 0) is 45.4 Å². The van der Waals surface area contributed by atoms with Crippen LogP contribution in [0.2, 0.25) is 0 Å². The molecule has 0 bridgehead atoms. The van der Waals surface area contributed by atoms with E-state index in [9.17, 15) is 87.1 Å². The Morgan fingerprint density at radius 2 is 1.46 bits per heavy atom. The average molecular weight is 1040 g/mol. The largest absolute Gasteiger partial charge is 1.00 e. The fourth-order valence-electron chi connectivity index (χ4n) is 8.00. The maximum absolute atomic E-state index is 14.5. The van der Waals surface area contributed by atoms with Crippen molar-refractivity contribution in [3.05, 3.63) is 23.8 Å². The standard InChI is InChI=1S/C41H62N8O20S.Na/c1-17-15-49-32(33(17)57)37(61)43-14-20(51)11-22(44-40(64)68-41(3,4)5)34(58)45-29(18(2)50)38(62)48-16-21(52)12-23(48)35(59)46-30(36(60)47-31(39(49)63)26(55)13-28(56)42-6)25(54)9-19-7-8-24(53)27(10-19)69-70(65,66)67;/h7-8,10,17-18,20-23,25-26,29-33,50-55,57H,9,11-16H2,1-6H3,(H,42,56)(H,43,61)(H,44,64)(H,45,58)(H,46,59)(H,47,60)(H,65,66,67);/q;+1/p-1/t17-,18+,20+,21+,22+,23-,25+,26+,29?,30-,31-,32-,33-;/m0./s1. The summed E-state index contributed by atoms with van der Waals surface area (Å²) in [6.07, 6.45) is -14.9. The van der Waals surface area contributed by atoms with E-state index in [4.69, 9.17) is 4.74 Å². The molecule has 1 aromatic rings. The van der Waals surface area contributed by atoms with Gasteiger partial charge in [0.25, 0.3) is 10.4 Å². The summed E-state index contributed by atoms with van der Waals surface area (Å²) in [4.78, 5) is 112. The van der Waals surface area contributed by atoms with Gasteiger partial charge in [-0.2, -0.15) is 0 Å². The number of rotatable bonds is 10. The molecule has 1 aromatic carbocycles. The van der Waals surface area contributed by atoms with E-state index in [-0.39, 0.29) is 35.1 Å². The van der Waals surface area contributed by atoms with Gasteiger partial charge in [0.15, 0.2) is 11.5 Å². The summed E-state index contributed by atoms with van der Waals surface area (Å²) in [7, 11) is -4.28. The van der Waals surface area contributed by atoms with E-state index in [0.717, 1.165) is 34.9 Å². The van der Waals surface area contributed by atoms with E-state index in [1.54, 1.807) is 0 Å². The van der Waals surface area contributed by atoms with Crippen molar-refractivity contribution in [3.8, 4) is 11.5 Å². The summed E-state index contributed by atoms with van der Waals surface area (Å²) in [5.41, 5.74) is -1.26. The van der Waals surface area contributed by atoms with Gasteiger partial charge in [-0.3, -0.25) is 33.6 Å². The molecular weight excluding hydrogens is 980 g/mol. The number of hydrogen-bond donors (Lipinski definition) is 13. The number of phenols is 1. The van der Waals surface area contributed by atoms with Gasteiger partial charge >= 0.3 is 35.7 Å². The number of amides is 8. The number of hydrogen-bond acceptors (Lipinski definition) is 20. The molecule has 0 spiro atoms. The van der Waals surface area contributed by atoms with E-state index in [1.165, 1.54) is 34.7 Å². The molecule has 392 valence electrons. The Hall–Kier alpha value is -4.95. The molecule has 30 heteroatoms. The van der Waals surface area contributed by atoms with Crippen LogP contribution in [0, 0.1) is 5.92 Å². The summed E-state index contributed by atoms with van der Waals surface area (Å²) < 4.78 is 43.5. The maximum atomic E-state index is 14.5. The van der Waals surface area contributed by atoms with Gasteiger partial charge in [-0.1, -0.05) is 13.0 Å². The molecule has 0 aliphatic carbocycles. The Kier molecular flexibility index (Phi) is 21.4. The van der Waals surface area contributed by atoms with Gasteiger partial charge in [0.1, 0.15) is 41.9 Å². The minimum Gasteiger partial charge on any atom is -0.716 e. The Bertz CT molecular complexity index is 2250. The number of alkyl carbamates (subject to hydrolysis) is 1. The van der Waals surface area contributed by atoms with Gasteiger partial charge < -0.3 is 90.9 Å². The van der Waals surface area contributed by atoms with Crippen molar-refractivity contribution in [2.24, 2.45) is 5.92 Å². The number of aliphatic hydroxyl groups excluding tert-OH is 6. The first-order chi connectivity index (χ1) is 32.4. The van der Waals surface area contributed by atoms with Crippen LogP contribution in [-0.2, 0) is 55.1 Å². The topological polar surface area (TPSA) is 432 Å². The Balaban J connectivity index is 0.0000133. The van der Waals surface area contributed by atoms with Gasteiger partial charge in [0.2, 0.25) is 41.4 Å². The van der Waals surface area contributed by atoms with Crippen LogP contribution in [0.15, 0.2) is 18.2 Å². The van der Waals surface area contributed by atoms with E-state index < -0.39 is 199 Å². The number of aromatic hydroxyl groups is 1. The number of ether oxygens (including phenoxy) is 1. The molecule has 0 radical (unpaired) electrons. The summed E-state index contributed by atoms with van der Waals surface area (Å²) in [6.45, 7) is 5.31. The van der Waals surface area contributed by atoms with E-state index in [0.29, 0.717) is 0 Å². The molecule has 8 amide bonds. The molecule has 0 saturated carbocycles. The number of nitrogens with one attached hydrogen (secondary N) is 6. The molecular formula is C41H61N8NaO20S. The minimum atomic E-state index is -5.46. The molecule has 28 nitrogen and oxygen atoms in total. The smallest absolute Gasteiger partial charge is 0.716 e. The molecule has 1 unspecified atom stereocenters. The SMILES string of the molecule is CNC(=O)C[C@@H](O)[C@@H]1NC(=O)[C@H]([C@H](O)Cc2ccc(O)c(OS(=O)(=O)[O-])c2)NC(=O)[C@@H]2C[C@@H](O)CN2C(=O)C([C@@H](C)O)NC(=O)[C@H](NC(=O)OC(C)(C)C)C[C@@H](O)CNC(=O)[C@@H]2[C@@H](O)[C@@H](C)CN2C1=O.[Na+]. The zero-order valence-electron chi connectivity index (χ0n) is 39.9. The second-order valence-corrected chi connectivity index (χ2v) is 19.3. The number of carbonyl (C=O) groups excluding carboxylic acids is 8. The predicted octanol–water partition coefficient (Wildman–Crippen LogP) is -9.59. The normalized spacial score (nSPS) is 28.7. The monoisotopic (exact) mass is 1040 g/mol. The number of carbonyl (C=O) groups is 8. The number of aliphatic hydroxyl groups is 6. The van der Waals surface area contributed by atoms with Gasteiger partial charge in [-0.25, -0.2) is 13.2 Å². The molecule has 13 N–H and O–H groups in total. The zero-order chi connectivity index (χ0) is 52.7. The molecule has 4 rings (SSSR count). The summed E-state index contributed by atoms with van der Waals surface area (Å²) in [5.74, 6) is -11.0. The minimum absolute atomic E-state index is 0. The Labute approximate surface area is 429 Å². The molecule has 3 aliphatic rings. The van der Waals surface area contributed by atoms with Crippen LogP contribution in [-0.4, -0.2) is 211 Å². The van der Waals surface area contributed by atoms with E-state index >= 15 is 0 Å². The molecule has 0 aromatic heterocycles. The van der Waals surface area contributed by atoms with Crippen molar-refractivity contribution in [2.75, 3.05) is 26.7 Å². The van der Waals surface area contributed by atoms with Crippen LogP contribution in [0.5, 0.6) is 11.5 Å². The fourth-order valence-corrected chi connectivity index (χ4v) is 8.35. The Morgan fingerprint density at radius 1 is 0.859 bits per heavy atom. The van der Waals surface area contributed by atoms with Gasteiger partial charge in [0, 0.05) is 51.9 Å². The quantitative estimate of drug-likeness (QED) is 0.0588. The molecule has 3 fully saturated rings. The average Bonchev–Trinajstić information content (AvgIpc) is 3.79. The number of fused-ring (bicyclic) bond motifs is 2. The number of nitrogens with zero attached hydrogens (tertiary/aromatic N) is 2. The molecule has 3 saturated heterocycles. The third kappa shape index (κ3) is 16.5. The number of phenolic OH excluding ortho intramolecular Hbond substituents is 1. The Morgan fingerprint density at radius 3 is 2.06 bits per heavy atom. The molecule has 3 heterocycles. The van der Waals surface area contributed by atoms with E-state index in [1.807, 2.05) is 0 Å². The van der Waals surface area contributed by atoms with E-state index in [2.05, 4.69) is 36.1 Å². The summed E-state index contributed by atoms with van der Waals surface area (Å²) in [6, 6.07) is -9.03. The summed E-state index contributed by atoms with van der Waals surface area (Å²) >= 11 is 0. The predicted molar refractivity (Wildman–Crippen MR) is 234 cm³/mol. The first kappa shape index (κ1) is 60.4. The van der Waals surface area contributed by atoms with Crippen LogP contribution in [0.3, 0.4) is 0 Å². The van der Waals surface area contributed by atoms with Crippen LogP contribution in [0.1, 0.15) is 59.4 Å². The third-order valence-electron chi connectivity index (χ3n) is 11.5. The van der Waals surface area contributed by atoms with Crippen molar-refractivity contribution in [3.63, 3.8) is 0 Å². The maximum Gasteiger partial charge on any atom is 1.00 e.